The number of anilines is 1. The summed E-state index contributed by atoms with van der Waals surface area (Å²) >= 11 is 0. The summed E-state index contributed by atoms with van der Waals surface area (Å²) in [5, 5.41) is 3.24. The predicted octanol–water partition coefficient (Wildman–Crippen LogP) is 2.61. The van der Waals surface area contributed by atoms with Gasteiger partial charge in [-0.2, -0.15) is 0 Å². The van der Waals surface area contributed by atoms with Crippen LogP contribution in [0.4, 0.5) is 5.82 Å². The summed E-state index contributed by atoms with van der Waals surface area (Å²) in [5.41, 5.74) is 2.48. The summed E-state index contributed by atoms with van der Waals surface area (Å²) in [6.07, 6.45) is 3.67. The quantitative estimate of drug-likeness (QED) is 0.759. The molecule has 1 atom stereocenters. The van der Waals surface area contributed by atoms with Crippen molar-refractivity contribution >= 4 is 5.82 Å². The summed E-state index contributed by atoms with van der Waals surface area (Å²) in [6.45, 7) is 7.03. The van der Waals surface area contributed by atoms with Crippen molar-refractivity contribution in [1.29, 1.82) is 0 Å². The largest absolute Gasteiger partial charge is 0.383 e. The van der Waals surface area contributed by atoms with E-state index in [1.165, 1.54) is 24.1 Å². The molecule has 0 amide bonds. The van der Waals surface area contributed by atoms with Gasteiger partial charge in [0, 0.05) is 31.9 Å². The minimum atomic E-state index is 0.544. The van der Waals surface area contributed by atoms with Gasteiger partial charge in [-0.3, -0.25) is 0 Å². The molecular weight excluding hydrogens is 262 g/mol. The van der Waals surface area contributed by atoms with Gasteiger partial charge >= 0.3 is 0 Å². The molecule has 0 spiro atoms. The van der Waals surface area contributed by atoms with Gasteiger partial charge in [-0.1, -0.05) is 6.92 Å². The normalized spacial score (nSPS) is 16.0. The van der Waals surface area contributed by atoms with Crippen molar-refractivity contribution in [3.8, 4) is 0 Å². The number of methoxy groups -OCH3 is 1. The highest BCUT2D eigenvalue weighted by Gasteiger charge is 2.32. The molecule has 0 aliphatic heterocycles. The van der Waals surface area contributed by atoms with Crippen molar-refractivity contribution in [2.75, 3.05) is 32.2 Å². The second-order valence-corrected chi connectivity index (χ2v) is 5.97. The van der Waals surface area contributed by atoms with Crippen LogP contribution in [0.1, 0.15) is 37.9 Å². The molecular formula is C17H29N3O. The van der Waals surface area contributed by atoms with Crippen LogP contribution >= 0.6 is 0 Å². The van der Waals surface area contributed by atoms with E-state index in [2.05, 4.69) is 36.2 Å². The fourth-order valence-electron chi connectivity index (χ4n) is 2.82. The molecule has 21 heavy (non-hydrogen) atoms. The number of nitrogens with one attached hydrogen (secondary N) is 1. The van der Waals surface area contributed by atoms with Crippen molar-refractivity contribution in [3.05, 3.63) is 23.4 Å². The molecule has 0 radical (unpaired) electrons. The number of aryl methyl sites for hydroxylation is 1. The Labute approximate surface area is 128 Å². The molecule has 0 saturated heterocycles. The average molecular weight is 291 g/mol. The number of rotatable bonds is 9. The maximum absolute atomic E-state index is 5.30. The van der Waals surface area contributed by atoms with Crippen LogP contribution in [0.25, 0.3) is 0 Å². The van der Waals surface area contributed by atoms with E-state index < -0.39 is 0 Å². The van der Waals surface area contributed by atoms with Crippen molar-refractivity contribution in [3.63, 3.8) is 0 Å². The lowest BCUT2D eigenvalue weighted by Gasteiger charge is -2.31. The van der Waals surface area contributed by atoms with Gasteiger partial charge in [0.05, 0.1) is 6.61 Å². The van der Waals surface area contributed by atoms with Gasteiger partial charge in [-0.25, -0.2) is 4.98 Å². The number of hydrogen-bond donors (Lipinski definition) is 1. The number of pyridine rings is 1. The van der Waals surface area contributed by atoms with Crippen LogP contribution in [0.2, 0.25) is 0 Å². The Morgan fingerprint density at radius 2 is 2.19 bits per heavy atom. The smallest absolute Gasteiger partial charge is 0.129 e. The van der Waals surface area contributed by atoms with E-state index in [1.54, 1.807) is 7.11 Å². The van der Waals surface area contributed by atoms with Crippen molar-refractivity contribution in [2.45, 2.75) is 45.7 Å². The van der Waals surface area contributed by atoms with Crippen LogP contribution in [0.3, 0.4) is 0 Å². The molecule has 1 aliphatic carbocycles. The number of hydrogen-bond acceptors (Lipinski definition) is 4. The first kappa shape index (κ1) is 16.2. The highest BCUT2D eigenvalue weighted by atomic mass is 16.5. The van der Waals surface area contributed by atoms with E-state index in [4.69, 9.17) is 9.72 Å². The van der Waals surface area contributed by atoms with Gasteiger partial charge in [0.1, 0.15) is 5.82 Å². The van der Waals surface area contributed by atoms with Gasteiger partial charge in [0.2, 0.25) is 0 Å². The molecule has 1 N–H and O–H groups in total. The standard InChI is InChI=1S/C17H29N3O/c1-5-16-10-14(12-18-3)11-17(19-16)20(8-9-21-4)13(2)15-6-7-15/h10-11,13,15,18H,5-9,12H2,1-4H3. The molecule has 0 bridgehead atoms. The van der Waals surface area contributed by atoms with Crippen molar-refractivity contribution in [2.24, 2.45) is 5.92 Å². The highest BCUT2D eigenvalue weighted by Crippen LogP contribution is 2.36. The molecule has 1 aliphatic rings. The fourth-order valence-corrected chi connectivity index (χ4v) is 2.82. The number of nitrogens with zero attached hydrogens (tertiary/aromatic N) is 2. The monoisotopic (exact) mass is 291 g/mol. The van der Waals surface area contributed by atoms with Crippen molar-refractivity contribution < 1.29 is 4.74 Å². The minimum absolute atomic E-state index is 0.544. The lowest BCUT2D eigenvalue weighted by atomic mass is 10.1. The lowest BCUT2D eigenvalue weighted by molar-refractivity contribution is 0.202. The topological polar surface area (TPSA) is 37.4 Å². The average Bonchev–Trinajstić information content (AvgIpc) is 3.32. The summed E-state index contributed by atoms with van der Waals surface area (Å²) in [4.78, 5) is 7.29. The molecule has 1 aromatic rings. The van der Waals surface area contributed by atoms with E-state index >= 15 is 0 Å². The van der Waals surface area contributed by atoms with Gasteiger partial charge in [0.15, 0.2) is 0 Å². The lowest BCUT2D eigenvalue weighted by Crippen LogP contribution is -2.38. The summed E-state index contributed by atoms with van der Waals surface area (Å²) < 4.78 is 5.30. The van der Waals surface area contributed by atoms with Crippen LogP contribution in [0.15, 0.2) is 12.1 Å². The van der Waals surface area contributed by atoms with Crippen LogP contribution < -0.4 is 10.2 Å². The highest BCUT2D eigenvalue weighted by molar-refractivity contribution is 5.44. The van der Waals surface area contributed by atoms with E-state index in [0.29, 0.717) is 6.04 Å². The molecule has 1 fully saturated rings. The first-order valence-corrected chi connectivity index (χ1v) is 8.09. The zero-order chi connectivity index (χ0) is 15.2. The summed E-state index contributed by atoms with van der Waals surface area (Å²) in [7, 11) is 3.75. The second-order valence-electron chi connectivity index (χ2n) is 5.97. The molecule has 1 heterocycles. The molecule has 118 valence electrons. The molecule has 2 rings (SSSR count). The van der Waals surface area contributed by atoms with E-state index in [-0.39, 0.29) is 0 Å². The van der Waals surface area contributed by atoms with Crippen molar-refractivity contribution in [1.82, 2.24) is 10.3 Å². The van der Waals surface area contributed by atoms with Gasteiger partial charge in [-0.05, 0) is 56.8 Å². The zero-order valence-electron chi connectivity index (χ0n) is 13.9. The van der Waals surface area contributed by atoms with Gasteiger partial charge in [-0.15, -0.1) is 0 Å². The first-order valence-electron chi connectivity index (χ1n) is 8.09. The Morgan fingerprint density at radius 3 is 2.76 bits per heavy atom. The van der Waals surface area contributed by atoms with Gasteiger partial charge < -0.3 is 15.0 Å². The van der Waals surface area contributed by atoms with Crippen LogP contribution in [0.5, 0.6) is 0 Å². The summed E-state index contributed by atoms with van der Waals surface area (Å²) in [6, 6.07) is 4.97. The third kappa shape index (κ3) is 4.42. The Balaban J connectivity index is 2.25. The third-order valence-corrected chi connectivity index (χ3v) is 4.29. The second kappa shape index (κ2) is 7.76. The number of ether oxygens (including phenoxy) is 1. The Morgan fingerprint density at radius 1 is 1.43 bits per heavy atom. The van der Waals surface area contributed by atoms with Crippen LogP contribution in [0, 0.1) is 5.92 Å². The zero-order valence-corrected chi connectivity index (χ0v) is 13.9. The molecule has 0 aromatic carbocycles. The van der Waals surface area contributed by atoms with E-state index in [1.807, 2.05) is 7.05 Å². The van der Waals surface area contributed by atoms with E-state index in [9.17, 15) is 0 Å². The van der Waals surface area contributed by atoms with Gasteiger partial charge in [0.25, 0.3) is 0 Å². The maximum atomic E-state index is 5.30. The predicted molar refractivity (Wildman–Crippen MR) is 87.8 cm³/mol. The molecule has 1 unspecified atom stereocenters. The number of aromatic nitrogens is 1. The Hall–Kier alpha value is -1.13. The maximum Gasteiger partial charge on any atom is 0.129 e. The SMILES string of the molecule is CCc1cc(CNC)cc(N(CCOC)C(C)C2CC2)n1. The van der Waals surface area contributed by atoms with Crippen LogP contribution in [-0.2, 0) is 17.7 Å². The third-order valence-electron chi connectivity index (χ3n) is 4.29. The minimum Gasteiger partial charge on any atom is -0.383 e. The Bertz CT molecular complexity index is 446. The fraction of sp³-hybridized carbons (Fsp3) is 0.706. The molecule has 4 heteroatoms. The first-order chi connectivity index (χ1) is 10.2. The summed E-state index contributed by atoms with van der Waals surface area (Å²) in [5.74, 6) is 1.93. The molecule has 4 nitrogen and oxygen atoms in total. The Kier molecular flexibility index (Phi) is 6.00. The molecule has 1 saturated carbocycles. The molecule has 1 aromatic heterocycles. The van der Waals surface area contributed by atoms with E-state index in [0.717, 1.165) is 37.9 Å². The van der Waals surface area contributed by atoms with Crippen LogP contribution in [-0.4, -0.2) is 38.3 Å².